The molecule has 0 radical (unpaired) electrons. The van der Waals surface area contributed by atoms with Gasteiger partial charge in [-0.1, -0.05) is 48.6 Å². The van der Waals surface area contributed by atoms with E-state index in [9.17, 15) is 0 Å². The highest BCUT2D eigenvalue weighted by atomic mass is 16.5. The van der Waals surface area contributed by atoms with Gasteiger partial charge in [0.15, 0.2) is 0 Å². The first-order valence-corrected chi connectivity index (χ1v) is 7.01. The molecule has 2 aromatic rings. The number of benzene rings is 2. The minimum atomic E-state index is 0.979. The third-order valence-electron chi connectivity index (χ3n) is 3.26. The van der Waals surface area contributed by atoms with E-state index in [1.807, 2.05) is 61.0 Å². The Hall–Kier alpha value is -2.74. The summed E-state index contributed by atoms with van der Waals surface area (Å²) in [4.78, 5) is 0. The average molecular weight is 275 g/mol. The lowest BCUT2D eigenvalue weighted by Crippen LogP contribution is -2.01. The molecule has 0 saturated heterocycles. The topological polar surface area (TPSA) is 21.3 Å². The van der Waals surface area contributed by atoms with Crippen LogP contribution in [0.1, 0.15) is 11.1 Å². The van der Waals surface area contributed by atoms with Crippen molar-refractivity contribution >= 4 is 0 Å². The van der Waals surface area contributed by atoms with Crippen LogP contribution < -0.4 is 10.1 Å². The summed E-state index contributed by atoms with van der Waals surface area (Å²) in [7, 11) is 0. The van der Waals surface area contributed by atoms with Crippen molar-refractivity contribution in [1.82, 2.24) is 5.32 Å². The lowest BCUT2D eigenvalue weighted by atomic mass is 10.0. The zero-order chi connectivity index (χ0) is 14.3. The SMILES string of the molecule is C1=CC=CNC=C1.c1ccc2c(c1)Cc1ccccc1O2. The van der Waals surface area contributed by atoms with Gasteiger partial charge in [-0.25, -0.2) is 0 Å². The van der Waals surface area contributed by atoms with E-state index in [-0.39, 0.29) is 0 Å². The van der Waals surface area contributed by atoms with Crippen LogP contribution >= 0.6 is 0 Å². The van der Waals surface area contributed by atoms with E-state index in [1.54, 1.807) is 0 Å². The molecule has 0 amide bonds. The summed E-state index contributed by atoms with van der Waals surface area (Å²) in [6.45, 7) is 0. The molecule has 1 N–H and O–H groups in total. The van der Waals surface area contributed by atoms with Crippen LogP contribution in [0.25, 0.3) is 0 Å². The second kappa shape index (κ2) is 6.62. The van der Waals surface area contributed by atoms with Crippen molar-refractivity contribution in [2.75, 3.05) is 0 Å². The predicted octanol–water partition coefficient (Wildman–Crippen LogP) is 4.56. The maximum atomic E-state index is 5.78. The minimum absolute atomic E-state index is 0.979. The van der Waals surface area contributed by atoms with Gasteiger partial charge in [-0.15, -0.1) is 0 Å². The fraction of sp³-hybridized carbons (Fsp3) is 0.0526. The summed E-state index contributed by atoms with van der Waals surface area (Å²) < 4.78 is 5.78. The Morgan fingerprint density at radius 1 is 0.667 bits per heavy atom. The van der Waals surface area contributed by atoms with Gasteiger partial charge in [0.2, 0.25) is 0 Å². The van der Waals surface area contributed by atoms with Gasteiger partial charge < -0.3 is 10.1 Å². The first-order chi connectivity index (χ1) is 10.4. The maximum Gasteiger partial charge on any atom is 0.130 e. The highest BCUT2D eigenvalue weighted by molar-refractivity contribution is 5.49. The van der Waals surface area contributed by atoms with Crippen molar-refractivity contribution in [3.8, 4) is 11.5 Å². The molecule has 2 nitrogen and oxygen atoms in total. The fourth-order valence-corrected chi connectivity index (χ4v) is 2.23. The standard InChI is InChI=1S/C13H10O.C6H7N/c1-3-7-12-10(5-1)9-11-6-2-4-8-13(11)14-12;1-2-4-6-7-5-3-1/h1-8H,9H2;1-7H. The molecule has 0 unspecified atom stereocenters. The van der Waals surface area contributed by atoms with Crippen molar-refractivity contribution < 1.29 is 4.74 Å². The van der Waals surface area contributed by atoms with Crippen molar-refractivity contribution in [3.05, 3.63) is 96.4 Å². The number of fused-ring (bicyclic) bond motifs is 2. The van der Waals surface area contributed by atoms with E-state index >= 15 is 0 Å². The lowest BCUT2D eigenvalue weighted by molar-refractivity contribution is 0.460. The Balaban J connectivity index is 0.000000160. The molecule has 0 spiro atoms. The van der Waals surface area contributed by atoms with Crippen molar-refractivity contribution in [2.45, 2.75) is 6.42 Å². The van der Waals surface area contributed by atoms with Crippen LogP contribution in [0.5, 0.6) is 11.5 Å². The molecule has 0 aromatic heterocycles. The zero-order valence-corrected chi connectivity index (χ0v) is 11.7. The van der Waals surface area contributed by atoms with E-state index in [0.717, 1.165) is 17.9 Å². The molecule has 2 aliphatic heterocycles. The summed E-state index contributed by atoms with van der Waals surface area (Å²) in [6, 6.07) is 16.4. The highest BCUT2D eigenvalue weighted by Gasteiger charge is 2.14. The molecule has 0 fully saturated rings. The molecule has 2 heterocycles. The Morgan fingerprint density at radius 3 is 1.76 bits per heavy atom. The second-order valence-corrected chi connectivity index (χ2v) is 4.76. The fourth-order valence-electron chi connectivity index (χ4n) is 2.23. The monoisotopic (exact) mass is 275 g/mol. The Bertz CT molecular complexity index is 597. The summed E-state index contributed by atoms with van der Waals surface area (Å²) in [5.74, 6) is 1.98. The number of rotatable bonds is 0. The van der Waals surface area contributed by atoms with Gasteiger partial charge in [0.25, 0.3) is 0 Å². The van der Waals surface area contributed by atoms with Crippen LogP contribution in [-0.4, -0.2) is 0 Å². The molecule has 0 aliphatic carbocycles. The number of hydrogen-bond donors (Lipinski definition) is 1. The van der Waals surface area contributed by atoms with Crippen molar-refractivity contribution in [2.24, 2.45) is 0 Å². The molecule has 4 rings (SSSR count). The van der Waals surface area contributed by atoms with Crippen LogP contribution in [0.2, 0.25) is 0 Å². The Kier molecular flexibility index (Phi) is 4.18. The molecule has 104 valence electrons. The van der Waals surface area contributed by atoms with Crippen LogP contribution in [-0.2, 0) is 6.42 Å². The predicted molar refractivity (Wildman–Crippen MR) is 86.3 cm³/mol. The van der Waals surface area contributed by atoms with Crippen molar-refractivity contribution in [1.29, 1.82) is 0 Å². The molecule has 2 aromatic carbocycles. The largest absolute Gasteiger partial charge is 0.457 e. The summed E-state index contributed by atoms with van der Waals surface area (Å²) in [5, 5.41) is 2.92. The lowest BCUT2D eigenvalue weighted by Gasteiger charge is -2.19. The van der Waals surface area contributed by atoms with Crippen molar-refractivity contribution in [3.63, 3.8) is 0 Å². The first-order valence-electron chi connectivity index (χ1n) is 7.01. The zero-order valence-electron chi connectivity index (χ0n) is 11.7. The quantitative estimate of drug-likeness (QED) is 0.649. The van der Waals surface area contributed by atoms with E-state index in [4.69, 9.17) is 4.74 Å². The summed E-state index contributed by atoms with van der Waals surface area (Å²) >= 11 is 0. The van der Waals surface area contributed by atoms with Gasteiger partial charge in [0.05, 0.1) is 0 Å². The van der Waals surface area contributed by atoms with Gasteiger partial charge >= 0.3 is 0 Å². The second-order valence-electron chi connectivity index (χ2n) is 4.76. The Morgan fingerprint density at radius 2 is 1.19 bits per heavy atom. The van der Waals surface area contributed by atoms with Crippen LogP contribution in [0.15, 0.2) is 85.2 Å². The number of para-hydroxylation sites is 2. The van der Waals surface area contributed by atoms with Gasteiger partial charge in [0, 0.05) is 18.8 Å². The number of hydrogen-bond acceptors (Lipinski definition) is 2. The van der Waals surface area contributed by atoms with Gasteiger partial charge in [-0.3, -0.25) is 0 Å². The van der Waals surface area contributed by atoms with Gasteiger partial charge in [-0.05, 0) is 35.4 Å². The van der Waals surface area contributed by atoms with Gasteiger partial charge in [0.1, 0.15) is 11.5 Å². The molecular formula is C19H17NO. The Labute approximate surface area is 125 Å². The third kappa shape index (κ3) is 3.42. The molecule has 2 aliphatic rings. The smallest absolute Gasteiger partial charge is 0.130 e. The molecular weight excluding hydrogens is 258 g/mol. The summed E-state index contributed by atoms with van der Waals surface area (Å²) in [6.07, 6.45) is 12.6. The van der Waals surface area contributed by atoms with Crippen LogP contribution in [0.4, 0.5) is 0 Å². The number of nitrogens with one attached hydrogen (secondary N) is 1. The maximum absolute atomic E-state index is 5.78. The van der Waals surface area contributed by atoms with E-state index in [2.05, 4.69) is 29.6 Å². The van der Waals surface area contributed by atoms with Crippen LogP contribution in [0.3, 0.4) is 0 Å². The highest BCUT2D eigenvalue weighted by Crippen LogP contribution is 2.35. The number of ether oxygens (including phenoxy) is 1. The minimum Gasteiger partial charge on any atom is -0.457 e. The van der Waals surface area contributed by atoms with E-state index in [0.29, 0.717) is 0 Å². The summed E-state index contributed by atoms with van der Waals surface area (Å²) in [5.41, 5.74) is 2.54. The molecule has 0 bridgehead atoms. The van der Waals surface area contributed by atoms with Gasteiger partial charge in [-0.2, -0.15) is 0 Å². The normalized spacial score (nSPS) is 13.7. The first kappa shape index (κ1) is 13.3. The average Bonchev–Trinajstić information content (AvgIpc) is 2.86. The molecule has 0 saturated carbocycles. The molecule has 2 heteroatoms. The molecule has 0 atom stereocenters. The third-order valence-corrected chi connectivity index (χ3v) is 3.26. The number of allylic oxidation sites excluding steroid dienone is 4. The van der Waals surface area contributed by atoms with E-state index < -0.39 is 0 Å². The van der Waals surface area contributed by atoms with Crippen LogP contribution in [0, 0.1) is 0 Å². The molecule has 21 heavy (non-hydrogen) atoms. The van der Waals surface area contributed by atoms with E-state index in [1.165, 1.54) is 11.1 Å².